The smallest absolute Gasteiger partial charge is 0.122 e. The first-order valence-electron chi connectivity index (χ1n) is 5.71. The second-order valence-electron chi connectivity index (χ2n) is 4.84. The molecule has 0 amide bonds. The van der Waals surface area contributed by atoms with E-state index < -0.39 is 0 Å². The van der Waals surface area contributed by atoms with Gasteiger partial charge in [0.1, 0.15) is 5.75 Å². The van der Waals surface area contributed by atoms with Crippen LogP contribution in [0, 0.1) is 11.3 Å². The molecule has 0 aliphatic carbocycles. The van der Waals surface area contributed by atoms with Crippen molar-refractivity contribution in [1.29, 1.82) is 0 Å². The van der Waals surface area contributed by atoms with Crippen LogP contribution >= 0.6 is 0 Å². The highest BCUT2D eigenvalue weighted by atomic mass is 16.5. The Morgan fingerprint density at radius 1 is 1.50 bits per heavy atom. The zero-order chi connectivity index (χ0) is 11.6. The highest BCUT2D eigenvalue weighted by Gasteiger charge is 2.35. The molecule has 0 saturated heterocycles. The van der Waals surface area contributed by atoms with Crippen LogP contribution in [-0.4, -0.2) is 24.9 Å². The minimum absolute atomic E-state index is 0.111. The highest BCUT2D eigenvalue weighted by molar-refractivity contribution is 5.35. The van der Waals surface area contributed by atoms with E-state index in [4.69, 9.17) is 10.5 Å². The van der Waals surface area contributed by atoms with E-state index in [1.165, 1.54) is 5.56 Å². The molecule has 0 bridgehead atoms. The van der Waals surface area contributed by atoms with Crippen molar-refractivity contribution < 1.29 is 9.84 Å². The SMILES string of the molecule is CC(CN)(CO)C1COc2ccccc2C1. The lowest BCUT2D eigenvalue weighted by Crippen LogP contribution is -2.43. The van der Waals surface area contributed by atoms with Crippen molar-refractivity contribution >= 4 is 0 Å². The number of hydrogen-bond donors (Lipinski definition) is 2. The summed E-state index contributed by atoms with van der Waals surface area (Å²) < 4.78 is 5.72. The number of rotatable bonds is 3. The number of nitrogens with two attached hydrogens (primary N) is 1. The lowest BCUT2D eigenvalue weighted by atomic mass is 9.74. The third-order valence-electron chi connectivity index (χ3n) is 3.69. The molecule has 3 heteroatoms. The van der Waals surface area contributed by atoms with Gasteiger partial charge in [0.05, 0.1) is 13.2 Å². The molecule has 16 heavy (non-hydrogen) atoms. The van der Waals surface area contributed by atoms with Gasteiger partial charge >= 0.3 is 0 Å². The van der Waals surface area contributed by atoms with Crippen LogP contribution < -0.4 is 10.5 Å². The molecule has 0 aromatic heterocycles. The maximum atomic E-state index is 9.45. The summed E-state index contributed by atoms with van der Waals surface area (Å²) in [7, 11) is 0. The number of hydrogen-bond acceptors (Lipinski definition) is 3. The number of fused-ring (bicyclic) bond motifs is 1. The molecule has 1 aromatic rings. The predicted molar refractivity (Wildman–Crippen MR) is 63.4 cm³/mol. The summed E-state index contributed by atoms with van der Waals surface area (Å²) in [6, 6.07) is 8.07. The third-order valence-corrected chi connectivity index (χ3v) is 3.69. The van der Waals surface area contributed by atoms with Gasteiger partial charge in [-0.3, -0.25) is 0 Å². The summed E-state index contributed by atoms with van der Waals surface area (Å²) in [5.74, 6) is 1.26. The van der Waals surface area contributed by atoms with E-state index in [1.807, 2.05) is 25.1 Å². The van der Waals surface area contributed by atoms with Crippen molar-refractivity contribution in [3.63, 3.8) is 0 Å². The van der Waals surface area contributed by atoms with Crippen LogP contribution in [0.15, 0.2) is 24.3 Å². The number of benzene rings is 1. The fourth-order valence-corrected chi connectivity index (χ4v) is 2.14. The zero-order valence-electron chi connectivity index (χ0n) is 9.65. The van der Waals surface area contributed by atoms with Crippen LogP contribution in [0.4, 0.5) is 0 Å². The van der Waals surface area contributed by atoms with E-state index in [2.05, 4.69) is 6.07 Å². The van der Waals surface area contributed by atoms with Gasteiger partial charge in [0.15, 0.2) is 0 Å². The van der Waals surface area contributed by atoms with Crippen LogP contribution in [0.3, 0.4) is 0 Å². The Morgan fingerprint density at radius 2 is 2.25 bits per heavy atom. The minimum Gasteiger partial charge on any atom is -0.493 e. The van der Waals surface area contributed by atoms with Gasteiger partial charge in [0.2, 0.25) is 0 Å². The monoisotopic (exact) mass is 221 g/mol. The molecule has 2 unspecified atom stereocenters. The van der Waals surface area contributed by atoms with Gasteiger partial charge in [-0.2, -0.15) is 0 Å². The van der Waals surface area contributed by atoms with E-state index >= 15 is 0 Å². The molecule has 1 aliphatic rings. The molecule has 1 heterocycles. The molecule has 0 spiro atoms. The Kier molecular flexibility index (Phi) is 3.17. The first-order chi connectivity index (χ1) is 7.69. The van der Waals surface area contributed by atoms with Gasteiger partial charge in [0, 0.05) is 17.9 Å². The second-order valence-corrected chi connectivity index (χ2v) is 4.84. The second kappa shape index (κ2) is 4.44. The summed E-state index contributed by atoms with van der Waals surface area (Å²) in [5.41, 5.74) is 6.72. The summed E-state index contributed by atoms with van der Waals surface area (Å²) in [6.07, 6.45) is 0.935. The van der Waals surface area contributed by atoms with Gasteiger partial charge < -0.3 is 15.6 Å². The Balaban J connectivity index is 2.19. The van der Waals surface area contributed by atoms with Crippen LogP contribution in [0.25, 0.3) is 0 Å². The van der Waals surface area contributed by atoms with Crippen molar-refractivity contribution in [2.24, 2.45) is 17.1 Å². The summed E-state index contributed by atoms with van der Waals surface area (Å²) in [6.45, 7) is 3.26. The number of ether oxygens (including phenoxy) is 1. The standard InChI is InChI=1S/C13H19NO2/c1-13(8-14,9-15)11-6-10-4-2-3-5-12(10)16-7-11/h2-5,11,15H,6-9,14H2,1H3. The summed E-state index contributed by atoms with van der Waals surface area (Å²) in [5, 5.41) is 9.45. The first-order valence-corrected chi connectivity index (χ1v) is 5.71. The number of para-hydroxylation sites is 1. The lowest BCUT2D eigenvalue weighted by Gasteiger charge is -2.38. The first kappa shape index (κ1) is 11.4. The number of aliphatic hydroxyl groups is 1. The zero-order valence-corrected chi connectivity index (χ0v) is 9.65. The van der Waals surface area contributed by atoms with E-state index in [0.29, 0.717) is 13.2 Å². The van der Waals surface area contributed by atoms with Gasteiger partial charge in [-0.15, -0.1) is 0 Å². The Morgan fingerprint density at radius 3 is 2.94 bits per heavy atom. The van der Waals surface area contributed by atoms with Gasteiger partial charge in [0.25, 0.3) is 0 Å². The Labute approximate surface area is 96.2 Å². The largest absolute Gasteiger partial charge is 0.493 e. The molecule has 3 N–H and O–H groups in total. The molecular weight excluding hydrogens is 202 g/mol. The van der Waals surface area contributed by atoms with Crippen LogP contribution in [0.2, 0.25) is 0 Å². The maximum Gasteiger partial charge on any atom is 0.122 e. The highest BCUT2D eigenvalue weighted by Crippen LogP contribution is 2.35. The average molecular weight is 221 g/mol. The Hall–Kier alpha value is -1.06. The van der Waals surface area contributed by atoms with Gasteiger partial charge in [-0.05, 0) is 18.1 Å². The summed E-state index contributed by atoms with van der Waals surface area (Å²) in [4.78, 5) is 0. The van der Waals surface area contributed by atoms with Crippen molar-refractivity contribution in [2.45, 2.75) is 13.3 Å². The fourth-order valence-electron chi connectivity index (χ4n) is 2.14. The molecule has 0 radical (unpaired) electrons. The van der Waals surface area contributed by atoms with E-state index in [-0.39, 0.29) is 17.9 Å². The lowest BCUT2D eigenvalue weighted by molar-refractivity contribution is 0.0463. The predicted octanol–water partition coefficient (Wildman–Crippen LogP) is 1.20. The topological polar surface area (TPSA) is 55.5 Å². The van der Waals surface area contributed by atoms with Crippen molar-refractivity contribution in [1.82, 2.24) is 0 Å². The summed E-state index contributed by atoms with van der Waals surface area (Å²) >= 11 is 0. The van der Waals surface area contributed by atoms with Crippen LogP contribution in [-0.2, 0) is 6.42 Å². The third kappa shape index (κ3) is 1.93. The molecule has 0 saturated carbocycles. The Bertz CT molecular complexity index is 361. The molecule has 1 aliphatic heterocycles. The normalized spacial score (nSPS) is 23.1. The van der Waals surface area contributed by atoms with E-state index in [9.17, 15) is 5.11 Å². The molecule has 2 rings (SSSR count). The van der Waals surface area contributed by atoms with Crippen molar-refractivity contribution in [2.75, 3.05) is 19.8 Å². The van der Waals surface area contributed by atoms with Gasteiger partial charge in [-0.25, -0.2) is 0 Å². The average Bonchev–Trinajstić information content (AvgIpc) is 2.37. The maximum absolute atomic E-state index is 9.45. The molecule has 1 aromatic carbocycles. The van der Waals surface area contributed by atoms with Crippen molar-refractivity contribution in [3.8, 4) is 5.75 Å². The van der Waals surface area contributed by atoms with Gasteiger partial charge in [-0.1, -0.05) is 25.1 Å². The quantitative estimate of drug-likeness (QED) is 0.806. The molecule has 3 nitrogen and oxygen atoms in total. The minimum atomic E-state index is -0.243. The molecule has 0 fully saturated rings. The van der Waals surface area contributed by atoms with E-state index in [0.717, 1.165) is 12.2 Å². The molecule has 2 atom stereocenters. The van der Waals surface area contributed by atoms with E-state index in [1.54, 1.807) is 0 Å². The van der Waals surface area contributed by atoms with Crippen LogP contribution in [0.5, 0.6) is 5.75 Å². The molecular formula is C13H19NO2. The molecule has 88 valence electrons. The van der Waals surface area contributed by atoms with Crippen molar-refractivity contribution in [3.05, 3.63) is 29.8 Å². The fraction of sp³-hybridized carbons (Fsp3) is 0.538. The number of aliphatic hydroxyl groups excluding tert-OH is 1. The van der Waals surface area contributed by atoms with Crippen LogP contribution in [0.1, 0.15) is 12.5 Å².